The fraction of sp³-hybridized carbons (Fsp3) is 0.297. The molecule has 47 heavy (non-hydrogen) atoms. The third-order valence-electron chi connectivity index (χ3n) is 8.54. The smallest absolute Gasteiger partial charge is 0.251 e. The summed E-state index contributed by atoms with van der Waals surface area (Å²) in [6, 6.07) is 16.4. The summed E-state index contributed by atoms with van der Waals surface area (Å²) in [4.78, 5) is 18.3. The molecule has 2 aromatic heterocycles. The number of carbonyl (C=O) groups is 1. The van der Waals surface area contributed by atoms with Crippen molar-refractivity contribution in [3.8, 4) is 22.6 Å². The van der Waals surface area contributed by atoms with E-state index in [0.717, 1.165) is 41.2 Å². The highest BCUT2D eigenvalue weighted by atomic mass is 19.2. The Balaban J connectivity index is 1.44. The Morgan fingerprint density at radius 3 is 2.38 bits per heavy atom. The molecule has 0 radical (unpaired) electrons. The first-order valence-electron chi connectivity index (χ1n) is 15.8. The molecule has 0 saturated carbocycles. The summed E-state index contributed by atoms with van der Waals surface area (Å²) in [6.07, 6.45) is 3.16. The van der Waals surface area contributed by atoms with Gasteiger partial charge in [-0.1, -0.05) is 50.2 Å². The van der Waals surface area contributed by atoms with Gasteiger partial charge in [0.2, 0.25) is 11.8 Å². The van der Waals surface area contributed by atoms with Crippen LogP contribution in [0.25, 0.3) is 22.6 Å². The van der Waals surface area contributed by atoms with E-state index in [1.807, 2.05) is 12.1 Å². The van der Waals surface area contributed by atoms with Gasteiger partial charge in [0.25, 0.3) is 5.91 Å². The number of carbonyl (C=O) groups excluding carboxylic acids is 1. The molecule has 1 atom stereocenters. The van der Waals surface area contributed by atoms with E-state index in [1.165, 1.54) is 18.2 Å². The lowest BCUT2D eigenvalue weighted by molar-refractivity contribution is 0.0999. The average molecular weight is 640 g/mol. The number of fused-ring (bicyclic) bond motifs is 1. The quantitative estimate of drug-likeness (QED) is 0.156. The molecule has 1 aliphatic rings. The van der Waals surface area contributed by atoms with Gasteiger partial charge in [-0.2, -0.15) is 0 Å². The third kappa shape index (κ3) is 6.97. The topological polar surface area (TPSA) is 107 Å². The van der Waals surface area contributed by atoms with Crippen LogP contribution in [0.4, 0.5) is 13.2 Å². The zero-order valence-electron chi connectivity index (χ0n) is 26.5. The van der Waals surface area contributed by atoms with Crippen molar-refractivity contribution < 1.29 is 22.4 Å². The molecule has 5 aromatic rings. The van der Waals surface area contributed by atoms with Gasteiger partial charge in [-0.3, -0.25) is 9.78 Å². The number of benzene rings is 3. The molecule has 0 saturated heterocycles. The van der Waals surface area contributed by atoms with Gasteiger partial charge in [-0.25, -0.2) is 13.2 Å². The minimum Gasteiger partial charge on any atom is -0.421 e. The fourth-order valence-electron chi connectivity index (χ4n) is 6.38. The van der Waals surface area contributed by atoms with Gasteiger partial charge in [0.1, 0.15) is 5.82 Å². The van der Waals surface area contributed by atoms with E-state index in [-0.39, 0.29) is 23.7 Å². The highest BCUT2D eigenvalue weighted by Crippen LogP contribution is 2.42. The summed E-state index contributed by atoms with van der Waals surface area (Å²) < 4.78 is 46.8. The first kappa shape index (κ1) is 32.1. The number of pyridine rings is 1. The van der Waals surface area contributed by atoms with E-state index in [4.69, 9.17) is 15.1 Å². The maximum absolute atomic E-state index is 13.8. The van der Waals surface area contributed by atoms with Gasteiger partial charge < -0.3 is 15.5 Å². The van der Waals surface area contributed by atoms with Gasteiger partial charge >= 0.3 is 0 Å². The van der Waals surface area contributed by atoms with Crippen LogP contribution in [-0.2, 0) is 32.2 Å². The molecular weight excluding hydrogens is 603 g/mol. The highest BCUT2D eigenvalue weighted by molar-refractivity contribution is 6.05. The molecule has 7 nitrogen and oxygen atoms in total. The SMILES string of the molecule is Cc1nnc(-c2c(CCc3ccc(F)cc3)nc(CC(C)C)c(C(N)=O)c2-c2ccc3c(c2)CCC3NCc2ccc(F)c(F)c2)o1. The number of amides is 1. The molecule has 0 bridgehead atoms. The second-order valence-electron chi connectivity index (χ2n) is 12.5. The second-order valence-corrected chi connectivity index (χ2v) is 12.5. The van der Waals surface area contributed by atoms with Crippen LogP contribution in [0.1, 0.15) is 76.2 Å². The number of nitrogens with zero attached hydrogens (tertiary/aromatic N) is 3. The maximum Gasteiger partial charge on any atom is 0.251 e. The Morgan fingerprint density at radius 1 is 0.936 bits per heavy atom. The second kappa shape index (κ2) is 13.5. The summed E-state index contributed by atoms with van der Waals surface area (Å²) in [5.74, 6) is -1.85. The Morgan fingerprint density at radius 2 is 1.70 bits per heavy atom. The lowest BCUT2D eigenvalue weighted by Crippen LogP contribution is -2.20. The Bertz CT molecular complexity index is 1940. The van der Waals surface area contributed by atoms with Crippen LogP contribution in [0.3, 0.4) is 0 Å². The largest absolute Gasteiger partial charge is 0.421 e. The maximum atomic E-state index is 13.8. The standard InChI is InChI=1S/C37H36F3N5O2/c1-20(2)16-32-34(36(41)46)33(35(37-45-44-21(3)47-37)31(43-32)14-7-22-4-10-26(38)11-5-22)25-8-12-27-24(18-25)9-15-30(27)42-19-23-6-13-28(39)29(40)17-23/h4-6,8,10-13,17-18,20,30,42H,7,9,14-16,19H2,1-3H3,(H2,41,46). The summed E-state index contributed by atoms with van der Waals surface area (Å²) in [6.45, 7) is 6.20. The van der Waals surface area contributed by atoms with Crippen molar-refractivity contribution in [3.05, 3.63) is 123 Å². The van der Waals surface area contributed by atoms with E-state index in [0.29, 0.717) is 65.3 Å². The zero-order valence-corrected chi connectivity index (χ0v) is 26.5. The summed E-state index contributed by atoms with van der Waals surface area (Å²) in [7, 11) is 0. The summed E-state index contributed by atoms with van der Waals surface area (Å²) in [5.41, 5.74) is 13.4. The number of halogens is 3. The molecule has 1 amide bonds. The molecule has 3 aromatic carbocycles. The van der Waals surface area contributed by atoms with Crippen molar-refractivity contribution in [2.24, 2.45) is 11.7 Å². The molecule has 1 unspecified atom stereocenters. The first-order chi connectivity index (χ1) is 22.6. The van der Waals surface area contributed by atoms with Crippen LogP contribution in [0.5, 0.6) is 0 Å². The van der Waals surface area contributed by atoms with Crippen molar-refractivity contribution in [1.82, 2.24) is 20.5 Å². The van der Waals surface area contributed by atoms with Crippen LogP contribution in [0.2, 0.25) is 0 Å². The summed E-state index contributed by atoms with van der Waals surface area (Å²) >= 11 is 0. The summed E-state index contributed by atoms with van der Waals surface area (Å²) in [5, 5.41) is 11.9. The van der Waals surface area contributed by atoms with Crippen molar-refractivity contribution in [3.63, 3.8) is 0 Å². The molecule has 3 N–H and O–H groups in total. The number of hydrogen-bond acceptors (Lipinski definition) is 6. The van der Waals surface area contributed by atoms with Gasteiger partial charge in [-0.15, -0.1) is 10.2 Å². The number of aryl methyl sites for hydroxylation is 4. The molecule has 0 fully saturated rings. The molecule has 0 aliphatic heterocycles. The van der Waals surface area contributed by atoms with Crippen LogP contribution in [0.15, 0.2) is 65.1 Å². The average Bonchev–Trinajstić information content (AvgIpc) is 3.65. The normalized spacial score (nSPS) is 14.1. The lowest BCUT2D eigenvalue weighted by atomic mass is 9.87. The van der Waals surface area contributed by atoms with Crippen molar-refractivity contribution in [2.75, 3.05) is 0 Å². The van der Waals surface area contributed by atoms with Crippen molar-refractivity contribution >= 4 is 5.91 Å². The fourth-order valence-corrected chi connectivity index (χ4v) is 6.38. The molecular formula is C37H36F3N5O2. The number of nitrogens with two attached hydrogens (primary N) is 1. The molecule has 10 heteroatoms. The zero-order chi connectivity index (χ0) is 33.2. The Hall–Kier alpha value is -4.83. The highest BCUT2D eigenvalue weighted by Gasteiger charge is 2.30. The van der Waals surface area contributed by atoms with E-state index in [1.54, 1.807) is 25.1 Å². The number of aromatic nitrogens is 3. The number of primary amides is 1. The van der Waals surface area contributed by atoms with Gasteiger partial charge in [-0.05, 0) is 90.1 Å². The molecule has 1 aliphatic carbocycles. The van der Waals surface area contributed by atoms with Crippen molar-refractivity contribution in [2.45, 2.75) is 65.5 Å². The van der Waals surface area contributed by atoms with Gasteiger partial charge in [0.15, 0.2) is 11.6 Å². The van der Waals surface area contributed by atoms with E-state index in [2.05, 4.69) is 35.4 Å². The lowest BCUT2D eigenvalue weighted by Gasteiger charge is -2.21. The minimum absolute atomic E-state index is 0.0149. The molecule has 2 heterocycles. The van der Waals surface area contributed by atoms with E-state index >= 15 is 0 Å². The number of nitrogens with one attached hydrogen (secondary N) is 1. The number of hydrogen-bond donors (Lipinski definition) is 2. The first-order valence-corrected chi connectivity index (χ1v) is 15.8. The molecule has 0 spiro atoms. The van der Waals surface area contributed by atoms with Gasteiger partial charge in [0.05, 0.1) is 22.5 Å². The predicted octanol–water partition coefficient (Wildman–Crippen LogP) is 7.38. The Kier molecular flexibility index (Phi) is 9.22. The Labute approximate surface area is 271 Å². The van der Waals surface area contributed by atoms with Crippen LogP contribution in [0, 0.1) is 30.3 Å². The molecule has 6 rings (SSSR count). The van der Waals surface area contributed by atoms with E-state index < -0.39 is 17.5 Å². The van der Waals surface area contributed by atoms with E-state index in [9.17, 15) is 18.0 Å². The van der Waals surface area contributed by atoms with Crippen molar-refractivity contribution in [1.29, 1.82) is 0 Å². The van der Waals surface area contributed by atoms with Gasteiger partial charge in [0, 0.05) is 25.1 Å². The predicted molar refractivity (Wildman–Crippen MR) is 173 cm³/mol. The monoisotopic (exact) mass is 639 g/mol. The third-order valence-corrected chi connectivity index (χ3v) is 8.54. The minimum atomic E-state index is -0.871. The molecule has 242 valence electrons. The van der Waals surface area contributed by atoms with Crippen LogP contribution < -0.4 is 11.1 Å². The van der Waals surface area contributed by atoms with Crippen LogP contribution >= 0.6 is 0 Å². The van der Waals surface area contributed by atoms with Crippen LogP contribution in [-0.4, -0.2) is 21.1 Å². The number of rotatable bonds is 11.